The van der Waals surface area contributed by atoms with Crippen LogP contribution in [0, 0.1) is 0 Å². The second-order valence-electron chi connectivity index (χ2n) is 8.23. The van der Waals surface area contributed by atoms with Crippen molar-refractivity contribution in [1.29, 1.82) is 0 Å². The minimum absolute atomic E-state index is 0.00375. The van der Waals surface area contributed by atoms with Gasteiger partial charge in [0, 0.05) is 38.4 Å². The zero-order valence-corrected chi connectivity index (χ0v) is 18.4. The Hall–Kier alpha value is -3.55. The van der Waals surface area contributed by atoms with Crippen LogP contribution in [0.3, 0.4) is 0 Å². The molecule has 33 heavy (non-hydrogen) atoms. The monoisotopic (exact) mass is 445 g/mol. The minimum Gasteiger partial charge on any atom is -0.457 e. The summed E-state index contributed by atoms with van der Waals surface area (Å²) in [6.07, 6.45) is 0. The first-order chi connectivity index (χ1) is 16.2. The highest BCUT2D eigenvalue weighted by Crippen LogP contribution is 2.32. The fourth-order valence-corrected chi connectivity index (χ4v) is 4.04. The largest absolute Gasteiger partial charge is 0.457 e. The second-order valence-corrected chi connectivity index (χ2v) is 8.23. The fourth-order valence-electron chi connectivity index (χ4n) is 4.04. The molecule has 1 saturated heterocycles. The van der Waals surface area contributed by atoms with Crippen LogP contribution >= 0.6 is 0 Å². The van der Waals surface area contributed by atoms with Crippen LogP contribution in [-0.2, 0) is 11.3 Å². The number of para-hydroxylation sites is 1. The number of piperazine rings is 1. The number of nitrogens with one attached hydrogen (secondary N) is 1. The molecule has 2 aliphatic rings. The van der Waals surface area contributed by atoms with Gasteiger partial charge in [0.25, 0.3) is 0 Å². The van der Waals surface area contributed by atoms with Gasteiger partial charge in [0.05, 0.1) is 6.54 Å². The van der Waals surface area contributed by atoms with E-state index < -0.39 is 0 Å². The molecule has 1 fully saturated rings. The summed E-state index contributed by atoms with van der Waals surface area (Å²) in [7, 11) is 0. The van der Waals surface area contributed by atoms with Crippen molar-refractivity contribution in [3.63, 3.8) is 0 Å². The Morgan fingerprint density at radius 3 is 2.30 bits per heavy atom. The number of carbonyl (C=O) groups is 1. The van der Waals surface area contributed by atoms with Gasteiger partial charge in [-0.3, -0.25) is 14.6 Å². The molecule has 0 bridgehead atoms. The Kier molecular flexibility index (Phi) is 6.41. The summed E-state index contributed by atoms with van der Waals surface area (Å²) in [5, 5.41) is 2.98. The molecule has 0 aromatic heterocycles. The number of hydrogen-bond acceptors (Lipinski definition) is 6. The average Bonchev–Trinajstić information content (AvgIpc) is 3.30. The highest BCUT2D eigenvalue weighted by molar-refractivity contribution is 5.92. The second kappa shape index (κ2) is 9.94. The Balaban J connectivity index is 1.05. The SMILES string of the molecule is O=C(CN1CCN(Cc2ccc3c(c2)OCO3)CC1)Nc1ccc(Oc2ccccc2)cc1. The lowest BCUT2D eigenvalue weighted by molar-refractivity contribution is -0.117. The van der Waals surface area contributed by atoms with Crippen LogP contribution in [0.25, 0.3) is 0 Å². The maximum absolute atomic E-state index is 12.5. The third kappa shape index (κ3) is 5.63. The fraction of sp³-hybridized carbons (Fsp3) is 0.269. The van der Waals surface area contributed by atoms with Gasteiger partial charge in [-0.05, 0) is 54.1 Å². The molecule has 1 N–H and O–H groups in total. The molecule has 7 nitrogen and oxygen atoms in total. The Morgan fingerprint density at radius 2 is 1.52 bits per heavy atom. The van der Waals surface area contributed by atoms with E-state index in [2.05, 4.69) is 27.2 Å². The molecule has 7 heteroatoms. The Labute approximate surface area is 193 Å². The average molecular weight is 446 g/mol. The zero-order chi connectivity index (χ0) is 22.5. The van der Waals surface area contributed by atoms with Gasteiger partial charge in [-0.1, -0.05) is 24.3 Å². The summed E-state index contributed by atoms with van der Waals surface area (Å²) in [4.78, 5) is 17.1. The number of ether oxygens (including phenoxy) is 3. The van der Waals surface area contributed by atoms with Crippen LogP contribution in [-0.4, -0.2) is 55.2 Å². The van der Waals surface area contributed by atoms with Gasteiger partial charge in [-0.2, -0.15) is 0 Å². The molecule has 3 aromatic rings. The van der Waals surface area contributed by atoms with Crippen molar-refractivity contribution < 1.29 is 19.0 Å². The number of anilines is 1. The van der Waals surface area contributed by atoms with Crippen molar-refractivity contribution in [3.05, 3.63) is 78.4 Å². The molecule has 2 heterocycles. The van der Waals surface area contributed by atoms with Crippen LogP contribution in [0.1, 0.15) is 5.56 Å². The minimum atomic E-state index is -0.00375. The van der Waals surface area contributed by atoms with Gasteiger partial charge < -0.3 is 19.5 Å². The molecule has 5 rings (SSSR count). The van der Waals surface area contributed by atoms with Crippen molar-refractivity contribution >= 4 is 11.6 Å². The Morgan fingerprint density at radius 1 is 0.818 bits per heavy atom. The first-order valence-electron chi connectivity index (χ1n) is 11.2. The quantitative estimate of drug-likeness (QED) is 0.594. The van der Waals surface area contributed by atoms with Crippen LogP contribution < -0.4 is 19.5 Å². The molecule has 0 radical (unpaired) electrons. The predicted molar refractivity (Wildman–Crippen MR) is 126 cm³/mol. The number of carbonyl (C=O) groups excluding carboxylic acids is 1. The van der Waals surface area contributed by atoms with E-state index in [1.807, 2.05) is 60.7 Å². The van der Waals surface area contributed by atoms with E-state index in [-0.39, 0.29) is 5.91 Å². The van der Waals surface area contributed by atoms with Gasteiger partial charge in [0.2, 0.25) is 12.7 Å². The highest BCUT2D eigenvalue weighted by Gasteiger charge is 2.20. The molecule has 0 spiro atoms. The van der Waals surface area contributed by atoms with Gasteiger partial charge >= 0.3 is 0 Å². The lowest BCUT2D eigenvalue weighted by Crippen LogP contribution is -2.48. The molecule has 0 aliphatic carbocycles. The van der Waals surface area contributed by atoms with Crippen LogP contribution in [0.15, 0.2) is 72.8 Å². The topological polar surface area (TPSA) is 63.3 Å². The standard InChI is InChI=1S/C26H27N3O4/c30-26(27-21-7-9-23(10-8-21)33-22-4-2-1-3-5-22)18-29-14-12-28(13-15-29)17-20-6-11-24-25(16-20)32-19-31-24/h1-11,16H,12-15,17-19H2,(H,27,30). The number of rotatable bonds is 7. The molecular formula is C26H27N3O4. The first-order valence-corrected chi connectivity index (χ1v) is 11.2. The van der Waals surface area contributed by atoms with Gasteiger partial charge in [0.15, 0.2) is 11.5 Å². The maximum atomic E-state index is 12.5. The molecule has 0 atom stereocenters. The summed E-state index contributed by atoms with van der Waals surface area (Å²) in [6, 6.07) is 23.2. The highest BCUT2D eigenvalue weighted by atomic mass is 16.7. The van der Waals surface area contributed by atoms with Crippen molar-refractivity contribution in [2.45, 2.75) is 6.54 Å². The lowest BCUT2D eigenvalue weighted by Gasteiger charge is -2.34. The number of nitrogens with zero attached hydrogens (tertiary/aromatic N) is 2. The molecule has 0 saturated carbocycles. The van der Waals surface area contributed by atoms with Crippen LogP contribution in [0.4, 0.5) is 5.69 Å². The molecular weight excluding hydrogens is 418 g/mol. The molecule has 3 aromatic carbocycles. The predicted octanol–water partition coefficient (Wildman–Crippen LogP) is 3.96. The van der Waals surface area contributed by atoms with Crippen molar-refractivity contribution in [1.82, 2.24) is 9.80 Å². The number of fused-ring (bicyclic) bond motifs is 1. The van der Waals surface area contributed by atoms with E-state index in [4.69, 9.17) is 14.2 Å². The van der Waals surface area contributed by atoms with E-state index in [0.29, 0.717) is 13.3 Å². The molecule has 170 valence electrons. The summed E-state index contributed by atoms with van der Waals surface area (Å²) in [5.74, 6) is 3.15. The summed E-state index contributed by atoms with van der Waals surface area (Å²) >= 11 is 0. The summed E-state index contributed by atoms with van der Waals surface area (Å²) in [5.41, 5.74) is 1.98. The first kappa shape index (κ1) is 21.3. The van der Waals surface area contributed by atoms with Crippen molar-refractivity contribution in [2.24, 2.45) is 0 Å². The third-order valence-electron chi connectivity index (χ3n) is 5.79. The normalized spacial score (nSPS) is 15.9. The zero-order valence-electron chi connectivity index (χ0n) is 18.4. The van der Waals surface area contributed by atoms with Crippen molar-refractivity contribution in [2.75, 3.05) is 44.8 Å². The molecule has 1 amide bonds. The third-order valence-corrected chi connectivity index (χ3v) is 5.79. The van der Waals surface area contributed by atoms with Gasteiger partial charge in [-0.15, -0.1) is 0 Å². The maximum Gasteiger partial charge on any atom is 0.238 e. The summed E-state index contributed by atoms with van der Waals surface area (Å²) < 4.78 is 16.6. The lowest BCUT2D eigenvalue weighted by atomic mass is 10.1. The van der Waals surface area contributed by atoms with E-state index >= 15 is 0 Å². The van der Waals surface area contributed by atoms with Crippen LogP contribution in [0.5, 0.6) is 23.0 Å². The van der Waals surface area contributed by atoms with Crippen molar-refractivity contribution in [3.8, 4) is 23.0 Å². The van der Waals surface area contributed by atoms with E-state index in [1.54, 1.807) is 0 Å². The summed E-state index contributed by atoms with van der Waals surface area (Å²) in [6.45, 7) is 5.13. The van der Waals surface area contributed by atoms with E-state index in [0.717, 1.165) is 61.4 Å². The number of benzene rings is 3. The molecule has 0 unspecified atom stereocenters. The van der Waals surface area contributed by atoms with Gasteiger partial charge in [-0.25, -0.2) is 0 Å². The Bertz CT molecular complexity index is 1080. The molecule has 2 aliphatic heterocycles. The van der Waals surface area contributed by atoms with Crippen LogP contribution in [0.2, 0.25) is 0 Å². The number of hydrogen-bond donors (Lipinski definition) is 1. The van der Waals surface area contributed by atoms with E-state index in [9.17, 15) is 4.79 Å². The van der Waals surface area contributed by atoms with Gasteiger partial charge in [0.1, 0.15) is 11.5 Å². The number of amides is 1. The van der Waals surface area contributed by atoms with E-state index in [1.165, 1.54) is 5.56 Å². The smallest absolute Gasteiger partial charge is 0.238 e.